The lowest BCUT2D eigenvalue weighted by Gasteiger charge is -2.38. The van der Waals surface area contributed by atoms with Gasteiger partial charge in [-0.15, -0.1) is 0 Å². The molecule has 1 aromatic carbocycles. The van der Waals surface area contributed by atoms with Gasteiger partial charge in [-0.2, -0.15) is 0 Å². The highest BCUT2D eigenvalue weighted by atomic mass is 35.5. The summed E-state index contributed by atoms with van der Waals surface area (Å²) >= 11 is 6.50. The Hall–Kier alpha value is -0.730. The SMILES string of the molecule is CCC(N)Cc1cccc(Cl)c1N1CC(C)CC(C)C1. The van der Waals surface area contributed by atoms with Gasteiger partial charge in [0.25, 0.3) is 0 Å². The molecule has 0 spiro atoms. The van der Waals surface area contributed by atoms with Gasteiger partial charge in [0.05, 0.1) is 10.7 Å². The Morgan fingerprint density at radius 1 is 1.30 bits per heavy atom. The zero-order valence-electron chi connectivity index (χ0n) is 12.9. The molecule has 0 aliphatic carbocycles. The maximum atomic E-state index is 6.50. The highest BCUT2D eigenvalue weighted by Gasteiger charge is 2.25. The van der Waals surface area contributed by atoms with Crippen LogP contribution in [0.4, 0.5) is 5.69 Å². The van der Waals surface area contributed by atoms with Crippen molar-refractivity contribution >= 4 is 17.3 Å². The van der Waals surface area contributed by atoms with E-state index in [4.69, 9.17) is 17.3 Å². The second-order valence-corrected chi connectivity index (χ2v) is 6.88. The van der Waals surface area contributed by atoms with E-state index < -0.39 is 0 Å². The molecule has 0 bridgehead atoms. The number of halogens is 1. The number of benzene rings is 1. The van der Waals surface area contributed by atoms with Crippen molar-refractivity contribution in [3.05, 3.63) is 28.8 Å². The smallest absolute Gasteiger partial charge is 0.0642 e. The summed E-state index contributed by atoms with van der Waals surface area (Å²) in [6.07, 6.45) is 3.22. The fourth-order valence-electron chi connectivity index (χ4n) is 3.35. The highest BCUT2D eigenvalue weighted by molar-refractivity contribution is 6.33. The van der Waals surface area contributed by atoms with Crippen LogP contribution in [0, 0.1) is 11.8 Å². The van der Waals surface area contributed by atoms with E-state index in [1.807, 2.05) is 12.1 Å². The molecule has 2 N–H and O–H groups in total. The normalized spacial score (nSPS) is 24.8. The van der Waals surface area contributed by atoms with Gasteiger partial charge in [0.2, 0.25) is 0 Å². The van der Waals surface area contributed by atoms with Gasteiger partial charge in [-0.25, -0.2) is 0 Å². The lowest BCUT2D eigenvalue weighted by molar-refractivity contribution is 0.356. The van der Waals surface area contributed by atoms with Crippen molar-refractivity contribution in [3.8, 4) is 0 Å². The van der Waals surface area contributed by atoms with Crippen molar-refractivity contribution in [2.75, 3.05) is 18.0 Å². The number of nitrogens with two attached hydrogens (primary N) is 1. The Morgan fingerprint density at radius 2 is 1.95 bits per heavy atom. The summed E-state index contributed by atoms with van der Waals surface area (Å²) in [5.41, 5.74) is 8.66. The second-order valence-electron chi connectivity index (χ2n) is 6.47. The largest absolute Gasteiger partial charge is 0.370 e. The summed E-state index contributed by atoms with van der Waals surface area (Å²) in [5, 5.41) is 0.868. The van der Waals surface area contributed by atoms with Crippen LogP contribution in [0.15, 0.2) is 18.2 Å². The topological polar surface area (TPSA) is 29.3 Å². The first-order valence-electron chi connectivity index (χ1n) is 7.79. The standard InChI is InChI=1S/C17H27ClN2/c1-4-15(19)9-14-6-5-7-16(18)17(14)20-10-12(2)8-13(3)11-20/h5-7,12-13,15H,4,8-11,19H2,1-3H3. The minimum Gasteiger partial charge on any atom is -0.370 e. The van der Waals surface area contributed by atoms with Crippen LogP contribution in [0.5, 0.6) is 0 Å². The van der Waals surface area contributed by atoms with Gasteiger partial charge >= 0.3 is 0 Å². The molecule has 1 aliphatic heterocycles. The Bertz CT molecular complexity index is 437. The molecule has 1 heterocycles. The third-order valence-corrected chi connectivity index (χ3v) is 4.57. The minimum atomic E-state index is 0.215. The number of piperidine rings is 1. The van der Waals surface area contributed by atoms with Crippen molar-refractivity contribution in [3.63, 3.8) is 0 Å². The van der Waals surface area contributed by atoms with Gasteiger partial charge < -0.3 is 10.6 Å². The molecular weight excluding hydrogens is 268 g/mol. The van der Waals surface area contributed by atoms with Crippen LogP contribution in [0.1, 0.15) is 39.2 Å². The van der Waals surface area contributed by atoms with E-state index in [9.17, 15) is 0 Å². The van der Waals surface area contributed by atoms with Crippen LogP contribution in [-0.2, 0) is 6.42 Å². The molecule has 20 heavy (non-hydrogen) atoms. The van der Waals surface area contributed by atoms with Gasteiger partial charge in [-0.3, -0.25) is 0 Å². The fraction of sp³-hybridized carbons (Fsp3) is 0.647. The summed E-state index contributed by atoms with van der Waals surface area (Å²) in [6.45, 7) is 9.00. The van der Waals surface area contributed by atoms with Crippen molar-refractivity contribution < 1.29 is 0 Å². The average Bonchev–Trinajstić information content (AvgIpc) is 2.37. The van der Waals surface area contributed by atoms with Gasteiger partial charge in [0.15, 0.2) is 0 Å². The lowest BCUT2D eigenvalue weighted by Crippen LogP contribution is -2.39. The summed E-state index contributed by atoms with van der Waals surface area (Å²) in [6, 6.07) is 6.44. The van der Waals surface area contributed by atoms with Crippen molar-refractivity contribution in [1.29, 1.82) is 0 Å². The lowest BCUT2D eigenvalue weighted by atomic mass is 9.90. The van der Waals surface area contributed by atoms with Gasteiger partial charge in [0.1, 0.15) is 0 Å². The third-order valence-electron chi connectivity index (χ3n) is 4.26. The molecule has 1 fully saturated rings. The molecule has 3 atom stereocenters. The zero-order valence-corrected chi connectivity index (χ0v) is 13.7. The molecule has 112 valence electrons. The molecule has 2 rings (SSSR count). The summed E-state index contributed by atoms with van der Waals surface area (Å²) in [4.78, 5) is 2.47. The van der Waals surface area contributed by atoms with Crippen LogP contribution in [-0.4, -0.2) is 19.1 Å². The number of hydrogen-bond donors (Lipinski definition) is 1. The molecule has 3 unspecified atom stereocenters. The van der Waals surface area contributed by atoms with Gasteiger partial charge in [-0.05, 0) is 42.7 Å². The first kappa shape index (κ1) is 15.7. The van der Waals surface area contributed by atoms with Crippen molar-refractivity contribution in [1.82, 2.24) is 0 Å². The van der Waals surface area contributed by atoms with Crippen LogP contribution >= 0.6 is 11.6 Å². The summed E-state index contributed by atoms with van der Waals surface area (Å²) in [5.74, 6) is 1.45. The van der Waals surface area contributed by atoms with Crippen LogP contribution < -0.4 is 10.6 Å². The van der Waals surface area contributed by atoms with Crippen LogP contribution in [0.3, 0.4) is 0 Å². The Labute approximate surface area is 128 Å². The predicted molar refractivity (Wildman–Crippen MR) is 88.6 cm³/mol. The molecule has 0 aromatic heterocycles. The van der Waals surface area contributed by atoms with Crippen molar-refractivity contribution in [2.45, 2.75) is 46.1 Å². The van der Waals surface area contributed by atoms with Gasteiger partial charge in [0, 0.05) is 19.1 Å². The van der Waals surface area contributed by atoms with E-state index in [0.29, 0.717) is 0 Å². The number of anilines is 1. The zero-order chi connectivity index (χ0) is 14.7. The maximum absolute atomic E-state index is 6.50. The Kier molecular flexibility index (Phi) is 5.34. The number of para-hydroxylation sites is 1. The van der Waals surface area contributed by atoms with Crippen LogP contribution in [0.25, 0.3) is 0 Å². The quantitative estimate of drug-likeness (QED) is 0.906. The molecule has 1 saturated heterocycles. The average molecular weight is 295 g/mol. The molecule has 0 radical (unpaired) electrons. The van der Waals surface area contributed by atoms with Crippen molar-refractivity contribution in [2.24, 2.45) is 17.6 Å². The molecule has 0 saturated carbocycles. The Balaban J connectivity index is 2.29. The molecule has 3 heteroatoms. The van der Waals surface area contributed by atoms with E-state index in [-0.39, 0.29) is 6.04 Å². The first-order chi connectivity index (χ1) is 9.51. The van der Waals surface area contributed by atoms with E-state index in [0.717, 1.165) is 42.8 Å². The van der Waals surface area contributed by atoms with Gasteiger partial charge in [-0.1, -0.05) is 44.5 Å². The highest BCUT2D eigenvalue weighted by Crippen LogP contribution is 2.35. The molecular formula is C17H27ClN2. The molecule has 0 amide bonds. The number of rotatable bonds is 4. The monoisotopic (exact) mass is 294 g/mol. The summed E-state index contributed by atoms with van der Waals surface area (Å²) < 4.78 is 0. The number of hydrogen-bond acceptors (Lipinski definition) is 2. The first-order valence-corrected chi connectivity index (χ1v) is 8.17. The van der Waals surface area contributed by atoms with E-state index >= 15 is 0 Å². The fourth-order valence-corrected chi connectivity index (χ4v) is 3.66. The number of nitrogens with zero attached hydrogens (tertiary/aromatic N) is 1. The molecule has 1 aliphatic rings. The van der Waals surface area contributed by atoms with E-state index in [2.05, 4.69) is 31.7 Å². The van der Waals surface area contributed by atoms with Crippen LogP contribution in [0.2, 0.25) is 5.02 Å². The summed E-state index contributed by atoms with van der Waals surface area (Å²) in [7, 11) is 0. The molecule has 1 aromatic rings. The molecule has 2 nitrogen and oxygen atoms in total. The maximum Gasteiger partial charge on any atom is 0.0642 e. The van der Waals surface area contributed by atoms with E-state index in [1.54, 1.807) is 0 Å². The van der Waals surface area contributed by atoms with E-state index in [1.165, 1.54) is 17.7 Å². The minimum absolute atomic E-state index is 0.215. The Morgan fingerprint density at radius 3 is 2.55 bits per heavy atom. The second kappa shape index (κ2) is 6.82. The third kappa shape index (κ3) is 3.67. The predicted octanol–water partition coefficient (Wildman–Crippen LogP) is 4.10.